The summed E-state index contributed by atoms with van der Waals surface area (Å²) in [7, 11) is 1.85. The first-order valence-corrected chi connectivity index (χ1v) is 6.01. The highest BCUT2D eigenvalue weighted by Crippen LogP contribution is 2.14. The summed E-state index contributed by atoms with van der Waals surface area (Å²) in [6.45, 7) is 2.00. The van der Waals surface area contributed by atoms with E-state index in [1.54, 1.807) is 0 Å². The topological polar surface area (TPSA) is 51.0 Å². The van der Waals surface area contributed by atoms with Gasteiger partial charge in [-0.3, -0.25) is 0 Å². The number of rotatable bonds is 5. The highest BCUT2D eigenvalue weighted by atomic mass is 35.5. The van der Waals surface area contributed by atoms with Crippen LogP contribution >= 0.6 is 12.4 Å². The van der Waals surface area contributed by atoms with E-state index < -0.39 is 11.6 Å². The molecular formula is C13H16ClF2N3O. The molecule has 0 aliphatic rings. The predicted molar refractivity (Wildman–Crippen MR) is 72.9 cm³/mol. The minimum atomic E-state index is -0.608. The standard InChI is InChI=1S/C13H15F2N3O.ClH/c1-8(16-2)5-12-17-13(19-18-12)6-9-3-4-10(14)7-11(9)15;/h3-4,7-8,16H,5-6H2,1-2H3;1H. The van der Waals surface area contributed by atoms with Gasteiger partial charge in [0.05, 0.1) is 6.42 Å². The fraction of sp³-hybridized carbons (Fsp3) is 0.385. The number of benzene rings is 1. The van der Waals surface area contributed by atoms with Gasteiger partial charge in [-0.25, -0.2) is 8.78 Å². The number of halogens is 3. The molecule has 7 heteroatoms. The zero-order valence-corrected chi connectivity index (χ0v) is 12.0. The van der Waals surface area contributed by atoms with Crippen molar-refractivity contribution in [1.29, 1.82) is 0 Å². The van der Waals surface area contributed by atoms with Crippen LogP contribution in [-0.4, -0.2) is 23.2 Å². The molecule has 0 saturated heterocycles. The second-order valence-corrected chi connectivity index (χ2v) is 4.41. The van der Waals surface area contributed by atoms with E-state index in [9.17, 15) is 8.78 Å². The molecule has 1 unspecified atom stereocenters. The van der Waals surface area contributed by atoms with Gasteiger partial charge in [-0.05, 0) is 25.6 Å². The van der Waals surface area contributed by atoms with Crippen LogP contribution in [0.1, 0.15) is 24.2 Å². The molecule has 0 aliphatic heterocycles. The van der Waals surface area contributed by atoms with E-state index in [-0.39, 0.29) is 24.9 Å². The first-order chi connectivity index (χ1) is 9.08. The van der Waals surface area contributed by atoms with Gasteiger partial charge in [0.1, 0.15) is 11.6 Å². The third kappa shape index (κ3) is 4.25. The first kappa shape index (κ1) is 16.5. The van der Waals surface area contributed by atoms with Crippen molar-refractivity contribution in [2.45, 2.75) is 25.8 Å². The number of likely N-dealkylation sites (N-methyl/N-ethyl adjacent to an activating group) is 1. The smallest absolute Gasteiger partial charge is 0.231 e. The van der Waals surface area contributed by atoms with Gasteiger partial charge in [0.2, 0.25) is 5.89 Å². The summed E-state index contributed by atoms with van der Waals surface area (Å²) in [6.07, 6.45) is 0.791. The van der Waals surface area contributed by atoms with Crippen LogP contribution in [0.5, 0.6) is 0 Å². The summed E-state index contributed by atoms with van der Waals surface area (Å²) in [4.78, 5) is 4.18. The van der Waals surface area contributed by atoms with Crippen LogP contribution in [-0.2, 0) is 12.8 Å². The maximum atomic E-state index is 13.5. The maximum Gasteiger partial charge on any atom is 0.231 e. The van der Waals surface area contributed by atoms with Crippen molar-refractivity contribution in [2.24, 2.45) is 0 Å². The fourth-order valence-electron chi connectivity index (χ4n) is 1.65. The van der Waals surface area contributed by atoms with Gasteiger partial charge in [0.25, 0.3) is 0 Å². The van der Waals surface area contributed by atoms with Gasteiger partial charge in [-0.2, -0.15) is 4.98 Å². The van der Waals surface area contributed by atoms with E-state index in [0.717, 1.165) is 6.07 Å². The molecule has 0 spiro atoms. The Morgan fingerprint density at radius 1 is 1.35 bits per heavy atom. The largest absolute Gasteiger partial charge is 0.339 e. The molecular weight excluding hydrogens is 288 g/mol. The van der Waals surface area contributed by atoms with Crippen molar-refractivity contribution in [2.75, 3.05) is 7.05 Å². The molecule has 0 radical (unpaired) electrons. The number of nitrogens with zero attached hydrogens (tertiary/aromatic N) is 2. The molecule has 0 fully saturated rings. The van der Waals surface area contributed by atoms with E-state index in [0.29, 0.717) is 23.7 Å². The Kier molecular flexibility index (Phi) is 6.04. The zero-order valence-electron chi connectivity index (χ0n) is 11.2. The zero-order chi connectivity index (χ0) is 13.8. The number of hydrogen-bond acceptors (Lipinski definition) is 4. The number of hydrogen-bond donors (Lipinski definition) is 1. The lowest BCUT2D eigenvalue weighted by Gasteiger charge is -2.04. The lowest BCUT2D eigenvalue weighted by molar-refractivity contribution is 0.376. The second kappa shape index (κ2) is 7.31. The molecule has 1 heterocycles. The first-order valence-electron chi connectivity index (χ1n) is 6.01. The Bertz CT molecular complexity index is 562. The van der Waals surface area contributed by atoms with Gasteiger partial charge in [-0.1, -0.05) is 11.2 Å². The molecule has 0 saturated carbocycles. The third-order valence-electron chi connectivity index (χ3n) is 2.85. The molecule has 0 amide bonds. The van der Waals surface area contributed by atoms with Gasteiger partial charge < -0.3 is 9.84 Å². The summed E-state index contributed by atoms with van der Waals surface area (Å²) >= 11 is 0. The Labute approximate surface area is 122 Å². The SMILES string of the molecule is CNC(C)Cc1noc(Cc2ccc(F)cc2F)n1.Cl. The van der Waals surface area contributed by atoms with E-state index in [1.807, 2.05) is 14.0 Å². The molecule has 1 aromatic heterocycles. The molecule has 1 N–H and O–H groups in total. The van der Waals surface area contributed by atoms with Crippen molar-refractivity contribution in [1.82, 2.24) is 15.5 Å². The molecule has 2 aromatic rings. The van der Waals surface area contributed by atoms with Crippen LogP contribution in [0.3, 0.4) is 0 Å². The minimum Gasteiger partial charge on any atom is -0.339 e. The minimum absolute atomic E-state index is 0. The van der Waals surface area contributed by atoms with E-state index in [4.69, 9.17) is 4.52 Å². The molecule has 0 bridgehead atoms. The van der Waals surface area contributed by atoms with Crippen molar-refractivity contribution in [3.05, 3.63) is 47.1 Å². The highest BCUT2D eigenvalue weighted by molar-refractivity contribution is 5.85. The lowest BCUT2D eigenvalue weighted by Crippen LogP contribution is -2.24. The van der Waals surface area contributed by atoms with Crippen molar-refractivity contribution < 1.29 is 13.3 Å². The molecule has 1 aromatic carbocycles. The van der Waals surface area contributed by atoms with Crippen LogP contribution in [0, 0.1) is 11.6 Å². The molecule has 1 atom stereocenters. The number of nitrogens with one attached hydrogen (secondary N) is 1. The highest BCUT2D eigenvalue weighted by Gasteiger charge is 2.12. The molecule has 110 valence electrons. The molecule has 20 heavy (non-hydrogen) atoms. The summed E-state index contributed by atoms with van der Waals surface area (Å²) in [5.41, 5.74) is 0.332. The summed E-state index contributed by atoms with van der Waals surface area (Å²) in [6, 6.07) is 3.66. The molecule has 0 aliphatic carbocycles. The van der Waals surface area contributed by atoms with E-state index in [1.165, 1.54) is 12.1 Å². The third-order valence-corrected chi connectivity index (χ3v) is 2.85. The van der Waals surface area contributed by atoms with Crippen molar-refractivity contribution in [3.8, 4) is 0 Å². The van der Waals surface area contributed by atoms with E-state index >= 15 is 0 Å². The second-order valence-electron chi connectivity index (χ2n) is 4.41. The van der Waals surface area contributed by atoms with Crippen LogP contribution in [0.2, 0.25) is 0 Å². The Morgan fingerprint density at radius 2 is 2.10 bits per heavy atom. The van der Waals surface area contributed by atoms with Gasteiger partial charge in [-0.15, -0.1) is 12.4 Å². The summed E-state index contributed by atoms with van der Waals surface area (Å²) in [5.74, 6) is -0.318. The molecule has 2 rings (SSSR count). The average molecular weight is 304 g/mol. The van der Waals surface area contributed by atoms with Gasteiger partial charge in [0.15, 0.2) is 5.82 Å². The van der Waals surface area contributed by atoms with Gasteiger partial charge in [0, 0.05) is 18.5 Å². The van der Waals surface area contributed by atoms with Crippen LogP contribution in [0.15, 0.2) is 22.7 Å². The monoisotopic (exact) mass is 303 g/mol. The summed E-state index contributed by atoms with van der Waals surface area (Å²) in [5, 5.41) is 6.89. The van der Waals surface area contributed by atoms with Gasteiger partial charge >= 0.3 is 0 Å². The number of aromatic nitrogens is 2. The normalized spacial score (nSPS) is 12.0. The van der Waals surface area contributed by atoms with Crippen LogP contribution in [0.25, 0.3) is 0 Å². The van der Waals surface area contributed by atoms with Crippen LogP contribution < -0.4 is 5.32 Å². The lowest BCUT2D eigenvalue weighted by atomic mass is 10.1. The van der Waals surface area contributed by atoms with E-state index in [2.05, 4.69) is 15.5 Å². The Balaban J connectivity index is 0.00000200. The maximum absolute atomic E-state index is 13.5. The fourth-order valence-corrected chi connectivity index (χ4v) is 1.65. The van der Waals surface area contributed by atoms with Crippen molar-refractivity contribution in [3.63, 3.8) is 0 Å². The Morgan fingerprint density at radius 3 is 2.75 bits per heavy atom. The quantitative estimate of drug-likeness (QED) is 0.922. The van der Waals surface area contributed by atoms with Crippen LogP contribution in [0.4, 0.5) is 8.78 Å². The van der Waals surface area contributed by atoms with Crippen molar-refractivity contribution >= 4 is 12.4 Å². The Hall–Kier alpha value is -1.53. The average Bonchev–Trinajstić information content (AvgIpc) is 2.80. The predicted octanol–water partition coefficient (Wildman–Crippen LogP) is 2.51. The molecule has 4 nitrogen and oxygen atoms in total. The summed E-state index contributed by atoms with van der Waals surface area (Å²) < 4.78 is 31.3.